The highest BCUT2D eigenvalue weighted by atomic mass is 32.1. The Morgan fingerprint density at radius 1 is 1.09 bits per heavy atom. The van der Waals surface area contributed by atoms with E-state index in [-0.39, 0.29) is 12.4 Å². The minimum Gasteiger partial charge on any atom is -0.464 e. The normalized spacial score (nSPS) is 15.8. The summed E-state index contributed by atoms with van der Waals surface area (Å²) in [6.07, 6.45) is 2.15. The molecule has 0 radical (unpaired) electrons. The Labute approximate surface area is 194 Å². The summed E-state index contributed by atoms with van der Waals surface area (Å²) in [5.74, 6) is -1.31. The highest BCUT2D eigenvalue weighted by Crippen LogP contribution is 2.26. The van der Waals surface area contributed by atoms with Crippen LogP contribution in [0.5, 0.6) is 0 Å². The Morgan fingerprint density at radius 2 is 1.91 bits per heavy atom. The number of esters is 2. The van der Waals surface area contributed by atoms with Crippen molar-refractivity contribution in [2.75, 3.05) is 19.8 Å². The Hall–Kier alpha value is -3.53. The third kappa shape index (κ3) is 5.11. The van der Waals surface area contributed by atoms with Crippen molar-refractivity contribution in [3.05, 3.63) is 53.7 Å². The molecule has 3 aromatic rings. The Balaban J connectivity index is 1.48. The molecule has 1 aromatic carbocycles. The van der Waals surface area contributed by atoms with Gasteiger partial charge >= 0.3 is 11.9 Å². The highest BCUT2D eigenvalue weighted by Gasteiger charge is 2.33. The van der Waals surface area contributed by atoms with E-state index in [9.17, 15) is 14.4 Å². The molecular formula is C23H24N4O5S. The molecule has 1 amide bonds. The van der Waals surface area contributed by atoms with E-state index < -0.39 is 30.5 Å². The fourth-order valence-electron chi connectivity index (χ4n) is 3.70. The number of piperidine rings is 1. The van der Waals surface area contributed by atoms with E-state index in [2.05, 4.69) is 10.1 Å². The van der Waals surface area contributed by atoms with Crippen LogP contribution in [0.3, 0.4) is 0 Å². The van der Waals surface area contributed by atoms with Gasteiger partial charge < -0.3 is 14.4 Å². The first kappa shape index (κ1) is 22.7. The molecule has 0 aliphatic carbocycles. The zero-order valence-electron chi connectivity index (χ0n) is 18.2. The van der Waals surface area contributed by atoms with E-state index in [1.54, 1.807) is 11.6 Å². The molecule has 1 atom stereocenters. The molecule has 33 heavy (non-hydrogen) atoms. The fourth-order valence-corrected chi connectivity index (χ4v) is 4.40. The Kier molecular flexibility index (Phi) is 7.13. The smallest absolute Gasteiger partial charge is 0.378 e. The topological polar surface area (TPSA) is 104 Å². The summed E-state index contributed by atoms with van der Waals surface area (Å²) in [6.45, 7) is 1.89. The fraction of sp³-hybridized carbons (Fsp3) is 0.348. The highest BCUT2D eigenvalue weighted by molar-refractivity contribution is 7.13. The van der Waals surface area contributed by atoms with Gasteiger partial charge in [-0.1, -0.05) is 24.3 Å². The SMILES string of the molecule is CCOC(=O)C1CCCCN1C(=O)COC(=O)c1nc(-c2cccs2)n(-c2ccccc2)n1. The standard InChI is InChI=1S/C23H24N4O5S/c1-2-31-22(29)17-11-6-7-13-26(17)19(28)15-32-23(30)20-24-21(18-12-8-14-33-18)27(25-20)16-9-4-3-5-10-16/h3-5,8-10,12,14,17H,2,6-7,11,13,15H2,1H3. The van der Waals surface area contributed by atoms with Gasteiger partial charge in [0.25, 0.3) is 11.7 Å². The molecule has 1 unspecified atom stereocenters. The average molecular weight is 469 g/mol. The van der Waals surface area contributed by atoms with E-state index >= 15 is 0 Å². The van der Waals surface area contributed by atoms with Gasteiger partial charge in [0.05, 0.1) is 17.2 Å². The first-order chi connectivity index (χ1) is 16.1. The van der Waals surface area contributed by atoms with Crippen molar-refractivity contribution < 1.29 is 23.9 Å². The van der Waals surface area contributed by atoms with Gasteiger partial charge in [-0.2, -0.15) is 4.98 Å². The molecule has 0 N–H and O–H groups in total. The van der Waals surface area contributed by atoms with Crippen molar-refractivity contribution in [2.24, 2.45) is 0 Å². The average Bonchev–Trinajstić information content (AvgIpc) is 3.53. The number of ether oxygens (including phenoxy) is 2. The molecule has 172 valence electrons. The number of likely N-dealkylation sites (tertiary alicyclic amines) is 1. The molecule has 0 saturated carbocycles. The molecule has 4 rings (SSSR count). The van der Waals surface area contributed by atoms with Gasteiger partial charge in [0, 0.05) is 6.54 Å². The lowest BCUT2D eigenvalue weighted by molar-refractivity contribution is -0.157. The van der Waals surface area contributed by atoms with Crippen molar-refractivity contribution in [3.63, 3.8) is 0 Å². The Bertz CT molecular complexity index is 1110. The summed E-state index contributed by atoms with van der Waals surface area (Å²) in [5.41, 5.74) is 0.745. The number of hydrogen-bond donors (Lipinski definition) is 0. The zero-order valence-corrected chi connectivity index (χ0v) is 19.0. The number of carbonyl (C=O) groups is 3. The molecular weight excluding hydrogens is 444 g/mol. The molecule has 1 saturated heterocycles. The third-order valence-corrected chi connectivity index (χ3v) is 6.11. The summed E-state index contributed by atoms with van der Waals surface area (Å²) in [5, 5.41) is 6.24. The number of aromatic nitrogens is 3. The van der Waals surface area contributed by atoms with Crippen molar-refractivity contribution in [3.8, 4) is 16.4 Å². The minimum absolute atomic E-state index is 0.143. The molecule has 0 bridgehead atoms. The number of amides is 1. The summed E-state index contributed by atoms with van der Waals surface area (Å²) in [7, 11) is 0. The van der Waals surface area contributed by atoms with Crippen LogP contribution in [0.15, 0.2) is 47.8 Å². The van der Waals surface area contributed by atoms with Crippen LogP contribution in [0.2, 0.25) is 0 Å². The van der Waals surface area contributed by atoms with Gasteiger partial charge in [0.15, 0.2) is 12.4 Å². The van der Waals surface area contributed by atoms with Crippen LogP contribution in [-0.4, -0.2) is 63.3 Å². The van der Waals surface area contributed by atoms with Gasteiger partial charge in [-0.3, -0.25) is 4.79 Å². The van der Waals surface area contributed by atoms with E-state index in [1.165, 1.54) is 16.2 Å². The maximum Gasteiger partial charge on any atom is 0.378 e. The number of para-hydroxylation sites is 1. The van der Waals surface area contributed by atoms with Crippen molar-refractivity contribution >= 4 is 29.2 Å². The molecule has 3 heterocycles. The summed E-state index contributed by atoms with van der Waals surface area (Å²) < 4.78 is 11.9. The van der Waals surface area contributed by atoms with Gasteiger partial charge in [0.1, 0.15) is 6.04 Å². The summed E-state index contributed by atoms with van der Waals surface area (Å²) in [6, 6.07) is 12.5. The van der Waals surface area contributed by atoms with E-state index in [0.717, 1.165) is 23.4 Å². The van der Waals surface area contributed by atoms with Gasteiger partial charge in [-0.15, -0.1) is 16.4 Å². The van der Waals surface area contributed by atoms with Gasteiger partial charge in [-0.25, -0.2) is 14.3 Å². The van der Waals surface area contributed by atoms with Crippen LogP contribution < -0.4 is 0 Å². The van der Waals surface area contributed by atoms with Crippen LogP contribution in [-0.2, 0) is 19.1 Å². The quantitative estimate of drug-likeness (QED) is 0.491. The molecule has 1 aliphatic heterocycles. The number of nitrogens with zero attached hydrogens (tertiary/aromatic N) is 4. The number of benzene rings is 1. The Morgan fingerprint density at radius 3 is 2.64 bits per heavy atom. The number of hydrogen-bond acceptors (Lipinski definition) is 8. The van der Waals surface area contributed by atoms with E-state index in [1.807, 2.05) is 47.8 Å². The van der Waals surface area contributed by atoms with E-state index in [4.69, 9.17) is 9.47 Å². The number of carbonyl (C=O) groups excluding carboxylic acids is 3. The van der Waals surface area contributed by atoms with Crippen LogP contribution in [0.4, 0.5) is 0 Å². The first-order valence-corrected chi connectivity index (χ1v) is 11.7. The first-order valence-electron chi connectivity index (χ1n) is 10.8. The zero-order chi connectivity index (χ0) is 23.2. The molecule has 1 aliphatic rings. The monoisotopic (exact) mass is 468 g/mol. The lowest BCUT2D eigenvalue weighted by atomic mass is 10.0. The van der Waals surface area contributed by atoms with Crippen molar-refractivity contribution in [1.29, 1.82) is 0 Å². The van der Waals surface area contributed by atoms with Crippen LogP contribution in [0.25, 0.3) is 16.4 Å². The molecule has 0 spiro atoms. The summed E-state index contributed by atoms with van der Waals surface area (Å²) >= 11 is 1.47. The second-order valence-corrected chi connectivity index (χ2v) is 8.36. The minimum atomic E-state index is -0.805. The lowest BCUT2D eigenvalue weighted by Crippen LogP contribution is -2.50. The second-order valence-electron chi connectivity index (χ2n) is 7.41. The van der Waals surface area contributed by atoms with Gasteiger partial charge in [0.2, 0.25) is 0 Å². The van der Waals surface area contributed by atoms with Crippen molar-refractivity contribution in [2.45, 2.75) is 32.2 Å². The number of rotatable bonds is 7. The maximum absolute atomic E-state index is 12.7. The predicted octanol–water partition coefficient (Wildman–Crippen LogP) is 3.10. The largest absolute Gasteiger partial charge is 0.464 e. The van der Waals surface area contributed by atoms with Gasteiger partial charge in [-0.05, 0) is 49.8 Å². The molecule has 9 nitrogen and oxygen atoms in total. The summed E-state index contributed by atoms with van der Waals surface area (Å²) in [4.78, 5) is 44.3. The van der Waals surface area contributed by atoms with Crippen LogP contribution in [0.1, 0.15) is 36.8 Å². The van der Waals surface area contributed by atoms with Crippen molar-refractivity contribution in [1.82, 2.24) is 19.7 Å². The third-order valence-electron chi connectivity index (χ3n) is 5.24. The number of thiophene rings is 1. The lowest BCUT2D eigenvalue weighted by Gasteiger charge is -2.33. The molecule has 10 heteroatoms. The molecule has 2 aromatic heterocycles. The molecule has 1 fully saturated rings. The maximum atomic E-state index is 12.7. The van der Waals surface area contributed by atoms with Crippen LogP contribution in [0, 0.1) is 0 Å². The predicted molar refractivity (Wildman–Crippen MR) is 121 cm³/mol. The second kappa shape index (κ2) is 10.4. The van der Waals surface area contributed by atoms with Crippen LogP contribution >= 0.6 is 11.3 Å². The van der Waals surface area contributed by atoms with E-state index in [0.29, 0.717) is 18.8 Å².